The number of fused-ring (bicyclic) bond motifs is 1. The van der Waals surface area contributed by atoms with Crippen molar-refractivity contribution in [3.8, 4) is 5.75 Å². The second-order valence-corrected chi connectivity index (χ2v) is 8.04. The first-order valence-corrected chi connectivity index (χ1v) is 10.7. The normalized spacial score (nSPS) is 13.1. The molecule has 1 N–H and O–H groups in total. The molecule has 2 heterocycles. The molecule has 0 atom stereocenters. The van der Waals surface area contributed by atoms with Crippen LogP contribution in [0.2, 0.25) is 5.02 Å². The molecule has 0 spiro atoms. The van der Waals surface area contributed by atoms with Crippen LogP contribution in [0.5, 0.6) is 5.75 Å². The number of amides is 1. The van der Waals surface area contributed by atoms with E-state index in [-0.39, 0.29) is 35.2 Å². The summed E-state index contributed by atoms with van der Waals surface area (Å²) in [5.74, 6) is -1.05. The summed E-state index contributed by atoms with van der Waals surface area (Å²) in [6.07, 6.45) is 1.37. The number of hydrogen-bond acceptors (Lipinski definition) is 4. The van der Waals surface area contributed by atoms with Crippen molar-refractivity contribution in [1.82, 2.24) is 9.47 Å². The lowest BCUT2D eigenvalue weighted by Gasteiger charge is -2.33. The van der Waals surface area contributed by atoms with Crippen molar-refractivity contribution >= 4 is 23.6 Å². The zero-order valence-corrected chi connectivity index (χ0v) is 18.5. The number of rotatable bonds is 7. The monoisotopic (exact) mass is 468 g/mol. The third-order valence-electron chi connectivity index (χ3n) is 5.59. The first-order valence-electron chi connectivity index (χ1n) is 10.4. The van der Waals surface area contributed by atoms with Crippen molar-refractivity contribution in [3.63, 3.8) is 0 Å². The van der Waals surface area contributed by atoms with E-state index < -0.39 is 23.8 Å². The molecule has 3 aromatic rings. The van der Waals surface area contributed by atoms with E-state index >= 15 is 0 Å². The van der Waals surface area contributed by atoms with Crippen LogP contribution in [0.25, 0.3) is 6.08 Å². The minimum Gasteiger partial charge on any atom is -0.483 e. The molecule has 0 bridgehead atoms. The predicted octanol–water partition coefficient (Wildman–Crippen LogP) is 4.01. The predicted molar refractivity (Wildman–Crippen MR) is 124 cm³/mol. The fourth-order valence-corrected chi connectivity index (χ4v) is 4.15. The van der Waals surface area contributed by atoms with Gasteiger partial charge in [-0.2, -0.15) is 0 Å². The van der Waals surface area contributed by atoms with Gasteiger partial charge in [0.15, 0.2) is 11.4 Å². The van der Waals surface area contributed by atoms with Crippen molar-refractivity contribution in [2.24, 2.45) is 0 Å². The van der Waals surface area contributed by atoms with Gasteiger partial charge in [-0.3, -0.25) is 9.59 Å². The average molecular weight is 469 g/mol. The van der Waals surface area contributed by atoms with E-state index in [1.165, 1.54) is 18.2 Å². The second kappa shape index (κ2) is 9.60. The lowest BCUT2D eigenvalue weighted by molar-refractivity contribution is 0.0675. The number of aliphatic hydroxyl groups excluding tert-OH is 1. The molecule has 0 saturated heterocycles. The van der Waals surface area contributed by atoms with Crippen LogP contribution in [0, 0.1) is 5.82 Å². The van der Waals surface area contributed by atoms with E-state index in [0.29, 0.717) is 24.3 Å². The minimum atomic E-state index is -0.538. The molecule has 2 aromatic carbocycles. The number of aliphatic hydroxyl groups is 1. The van der Waals surface area contributed by atoms with E-state index in [9.17, 15) is 19.1 Å². The molecule has 0 saturated carbocycles. The standard InChI is InChI=1S/C25H22ClFN2O4/c1-2-18-21(14-30)29-11-10-28(13-17-8-9-20(27)19(26)12-17)25(32)22(29)24(23(18)31)33-15-16-6-4-3-5-7-16/h2-9,12,30H,1,10-11,13-15H2. The van der Waals surface area contributed by atoms with Crippen LogP contribution in [0.1, 0.15) is 32.9 Å². The number of nitrogens with zero attached hydrogens (tertiary/aromatic N) is 2. The maximum Gasteiger partial charge on any atom is 0.274 e. The molecule has 33 heavy (non-hydrogen) atoms. The van der Waals surface area contributed by atoms with Crippen LogP contribution in [0.4, 0.5) is 4.39 Å². The first-order chi connectivity index (χ1) is 15.9. The molecule has 0 aliphatic carbocycles. The van der Waals surface area contributed by atoms with E-state index in [4.69, 9.17) is 16.3 Å². The smallest absolute Gasteiger partial charge is 0.274 e. The zero-order chi connectivity index (χ0) is 23.5. The van der Waals surface area contributed by atoms with Gasteiger partial charge in [0, 0.05) is 25.2 Å². The van der Waals surface area contributed by atoms with Gasteiger partial charge in [-0.1, -0.05) is 60.7 Å². The summed E-state index contributed by atoms with van der Waals surface area (Å²) in [4.78, 5) is 28.3. The summed E-state index contributed by atoms with van der Waals surface area (Å²) in [5.41, 5.74) is 1.58. The Morgan fingerprint density at radius 2 is 1.88 bits per heavy atom. The number of pyridine rings is 1. The van der Waals surface area contributed by atoms with Gasteiger partial charge in [-0.25, -0.2) is 4.39 Å². The van der Waals surface area contributed by atoms with Crippen molar-refractivity contribution in [1.29, 1.82) is 0 Å². The van der Waals surface area contributed by atoms with Gasteiger partial charge in [0.2, 0.25) is 5.43 Å². The molecular formula is C25H22ClFN2O4. The van der Waals surface area contributed by atoms with Crippen LogP contribution in [0.3, 0.4) is 0 Å². The van der Waals surface area contributed by atoms with E-state index in [2.05, 4.69) is 6.58 Å². The molecule has 0 radical (unpaired) electrons. The number of carbonyl (C=O) groups is 1. The molecule has 1 aliphatic rings. The minimum absolute atomic E-state index is 0.0290. The van der Waals surface area contributed by atoms with Crippen LogP contribution in [-0.2, 0) is 26.3 Å². The molecule has 8 heteroatoms. The Morgan fingerprint density at radius 3 is 2.55 bits per heavy atom. The molecule has 1 amide bonds. The van der Waals surface area contributed by atoms with Crippen LogP contribution in [0.15, 0.2) is 59.9 Å². The third-order valence-corrected chi connectivity index (χ3v) is 5.88. The molecular weight excluding hydrogens is 447 g/mol. The Kier molecular flexibility index (Phi) is 6.62. The number of halogens is 2. The van der Waals surface area contributed by atoms with Crippen LogP contribution >= 0.6 is 11.6 Å². The summed E-state index contributed by atoms with van der Waals surface area (Å²) < 4.78 is 21.0. The fourth-order valence-electron chi connectivity index (χ4n) is 3.95. The molecule has 0 fully saturated rings. The zero-order valence-electron chi connectivity index (χ0n) is 17.8. The van der Waals surface area contributed by atoms with Gasteiger partial charge in [-0.05, 0) is 23.3 Å². The van der Waals surface area contributed by atoms with Gasteiger partial charge in [0.25, 0.3) is 5.91 Å². The van der Waals surface area contributed by atoms with Gasteiger partial charge in [-0.15, -0.1) is 0 Å². The summed E-state index contributed by atoms with van der Waals surface area (Å²) >= 11 is 5.89. The Balaban J connectivity index is 1.75. The average Bonchev–Trinajstić information content (AvgIpc) is 2.82. The summed E-state index contributed by atoms with van der Waals surface area (Å²) in [6.45, 7) is 4.21. The van der Waals surface area contributed by atoms with Crippen molar-refractivity contribution < 1.29 is 19.0 Å². The van der Waals surface area contributed by atoms with Crippen molar-refractivity contribution in [2.45, 2.75) is 26.3 Å². The number of hydrogen-bond donors (Lipinski definition) is 1. The SMILES string of the molecule is C=Cc1c(CO)n2c(c(OCc3ccccc3)c1=O)C(=O)N(Cc1ccc(F)c(Cl)c1)CC2. The highest BCUT2D eigenvalue weighted by atomic mass is 35.5. The van der Waals surface area contributed by atoms with Gasteiger partial charge in [0.1, 0.15) is 12.4 Å². The quantitative estimate of drug-likeness (QED) is 0.568. The molecule has 1 aliphatic heterocycles. The van der Waals surface area contributed by atoms with Crippen LogP contribution in [-0.4, -0.2) is 27.0 Å². The Morgan fingerprint density at radius 1 is 1.12 bits per heavy atom. The Bertz CT molecular complexity index is 1270. The van der Waals surface area contributed by atoms with Crippen molar-refractivity contribution in [2.75, 3.05) is 6.54 Å². The number of ether oxygens (including phenoxy) is 1. The summed E-state index contributed by atoms with van der Waals surface area (Å²) in [5, 5.41) is 9.92. The molecule has 1 aromatic heterocycles. The topological polar surface area (TPSA) is 71.8 Å². The maximum absolute atomic E-state index is 13.5. The lowest BCUT2D eigenvalue weighted by Crippen LogP contribution is -2.43. The van der Waals surface area contributed by atoms with E-state index in [0.717, 1.165) is 5.56 Å². The van der Waals surface area contributed by atoms with Crippen LogP contribution < -0.4 is 10.2 Å². The molecule has 170 valence electrons. The number of aromatic nitrogens is 1. The largest absolute Gasteiger partial charge is 0.483 e. The highest BCUT2D eigenvalue weighted by molar-refractivity contribution is 6.30. The van der Waals surface area contributed by atoms with E-state index in [1.54, 1.807) is 15.5 Å². The second-order valence-electron chi connectivity index (χ2n) is 7.63. The highest BCUT2D eigenvalue weighted by Crippen LogP contribution is 2.27. The number of carbonyl (C=O) groups excluding carboxylic acids is 1. The summed E-state index contributed by atoms with van der Waals surface area (Å²) in [7, 11) is 0. The Hall–Kier alpha value is -3.42. The van der Waals surface area contributed by atoms with E-state index in [1.807, 2.05) is 30.3 Å². The Labute approximate surface area is 195 Å². The molecule has 0 unspecified atom stereocenters. The summed E-state index contributed by atoms with van der Waals surface area (Å²) in [6, 6.07) is 13.6. The van der Waals surface area contributed by atoms with Gasteiger partial charge >= 0.3 is 0 Å². The first kappa shape index (κ1) is 22.8. The van der Waals surface area contributed by atoms with Crippen molar-refractivity contribution in [3.05, 3.63) is 104 Å². The fraction of sp³-hybridized carbons (Fsp3) is 0.200. The maximum atomic E-state index is 13.5. The number of benzene rings is 2. The van der Waals surface area contributed by atoms with Gasteiger partial charge < -0.3 is 19.3 Å². The lowest BCUT2D eigenvalue weighted by atomic mass is 10.1. The van der Waals surface area contributed by atoms with Gasteiger partial charge in [0.05, 0.1) is 17.3 Å². The molecule has 4 rings (SSSR count). The third kappa shape index (κ3) is 4.42. The molecule has 6 nitrogen and oxygen atoms in total. The highest BCUT2D eigenvalue weighted by Gasteiger charge is 2.32.